The number of fused-ring (bicyclic) bond motifs is 5. The summed E-state index contributed by atoms with van der Waals surface area (Å²) >= 11 is 0. The lowest BCUT2D eigenvalue weighted by atomic mass is 9.82. The molecule has 4 atom stereocenters. The molecule has 0 spiro atoms. The van der Waals surface area contributed by atoms with E-state index in [-0.39, 0.29) is 0 Å². The molecule has 2 aliphatic carbocycles. The van der Waals surface area contributed by atoms with Crippen molar-refractivity contribution in [1.82, 2.24) is 5.01 Å². The Labute approximate surface area is 67.7 Å². The van der Waals surface area contributed by atoms with Gasteiger partial charge in [0.2, 0.25) is 0 Å². The number of rotatable bonds is 0. The Bertz CT molecular complexity index is 162. The van der Waals surface area contributed by atoms with Gasteiger partial charge in [-0.05, 0) is 42.9 Å². The van der Waals surface area contributed by atoms with Gasteiger partial charge in [0, 0.05) is 13.1 Å². The molecule has 3 aliphatic rings. The Morgan fingerprint density at radius 2 is 1.55 bits per heavy atom. The van der Waals surface area contributed by atoms with Gasteiger partial charge in [0.1, 0.15) is 0 Å². The first-order chi connectivity index (χ1) is 5.34. The Balaban J connectivity index is 1.87. The Morgan fingerprint density at radius 3 is 2.09 bits per heavy atom. The van der Waals surface area contributed by atoms with Gasteiger partial charge in [-0.1, -0.05) is 0 Å². The molecule has 0 aromatic rings. The van der Waals surface area contributed by atoms with Crippen LogP contribution in [0, 0.1) is 23.7 Å². The Morgan fingerprint density at radius 1 is 1.00 bits per heavy atom. The second kappa shape index (κ2) is 1.99. The van der Waals surface area contributed by atoms with Crippen LogP contribution in [0.25, 0.3) is 0 Å². The first-order valence-electron chi connectivity index (χ1n) is 4.84. The minimum Gasteiger partial charge on any atom is -0.269 e. The first-order valence-corrected chi connectivity index (χ1v) is 4.84. The smallest absolute Gasteiger partial charge is 0.0162 e. The molecule has 2 nitrogen and oxygen atoms in total. The van der Waals surface area contributed by atoms with Crippen molar-refractivity contribution in [1.29, 1.82) is 0 Å². The van der Waals surface area contributed by atoms with Crippen molar-refractivity contribution < 1.29 is 0 Å². The van der Waals surface area contributed by atoms with Crippen molar-refractivity contribution in [3.05, 3.63) is 0 Å². The quantitative estimate of drug-likeness (QED) is 0.521. The van der Waals surface area contributed by atoms with Gasteiger partial charge in [-0.2, -0.15) is 0 Å². The summed E-state index contributed by atoms with van der Waals surface area (Å²) in [5.74, 6) is 9.89. The van der Waals surface area contributed by atoms with Gasteiger partial charge in [0.15, 0.2) is 0 Å². The van der Waals surface area contributed by atoms with E-state index in [0.717, 1.165) is 23.7 Å². The van der Waals surface area contributed by atoms with E-state index < -0.39 is 0 Å². The highest BCUT2D eigenvalue weighted by Crippen LogP contribution is 2.54. The number of hydrogen-bond acceptors (Lipinski definition) is 2. The van der Waals surface area contributed by atoms with Crippen molar-refractivity contribution in [3.63, 3.8) is 0 Å². The lowest BCUT2D eigenvalue weighted by Crippen LogP contribution is -2.29. The third-order valence-corrected chi connectivity index (χ3v) is 4.17. The van der Waals surface area contributed by atoms with Crippen LogP contribution in [0.3, 0.4) is 0 Å². The normalized spacial score (nSPS) is 55.4. The third kappa shape index (κ3) is 0.744. The molecule has 2 N–H and O–H groups in total. The third-order valence-electron chi connectivity index (χ3n) is 4.17. The van der Waals surface area contributed by atoms with Crippen LogP contribution in [0.5, 0.6) is 0 Å². The average molecular weight is 152 g/mol. The lowest BCUT2D eigenvalue weighted by Gasteiger charge is -2.22. The van der Waals surface area contributed by atoms with Gasteiger partial charge in [0.25, 0.3) is 0 Å². The van der Waals surface area contributed by atoms with E-state index in [1.165, 1.54) is 32.4 Å². The topological polar surface area (TPSA) is 29.3 Å². The maximum atomic E-state index is 5.81. The van der Waals surface area contributed by atoms with E-state index in [9.17, 15) is 0 Å². The Kier molecular flexibility index (Phi) is 1.16. The molecule has 3 fully saturated rings. The molecule has 1 aliphatic heterocycles. The summed E-state index contributed by atoms with van der Waals surface area (Å²) < 4.78 is 0. The van der Waals surface area contributed by atoms with Gasteiger partial charge < -0.3 is 0 Å². The largest absolute Gasteiger partial charge is 0.269 e. The molecule has 2 heteroatoms. The fourth-order valence-electron chi connectivity index (χ4n) is 3.71. The van der Waals surface area contributed by atoms with Crippen LogP contribution in [-0.4, -0.2) is 18.1 Å². The minimum absolute atomic E-state index is 0.985. The van der Waals surface area contributed by atoms with Gasteiger partial charge >= 0.3 is 0 Å². The first kappa shape index (κ1) is 6.44. The molecule has 2 bridgehead atoms. The fourth-order valence-corrected chi connectivity index (χ4v) is 3.71. The average Bonchev–Trinajstić information content (AvgIpc) is 2.53. The van der Waals surface area contributed by atoms with E-state index in [1.807, 2.05) is 5.01 Å². The number of hydrazine groups is 1. The van der Waals surface area contributed by atoms with Crippen molar-refractivity contribution in [2.75, 3.05) is 13.1 Å². The molecule has 0 aromatic carbocycles. The Hall–Kier alpha value is -0.0800. The van der Waals surface area contributed by atoms with Gasteiger partial charge in [-0.25, -0.2) is 5.01 Å². The highest BCUT2D eigenvalue weighted by molar-refractivity contribution is 5.01. The van der Waals surface area contributed by atoms with Gasteiger partial charge in [-0.3, -0.25) is 5.84 Å². The van der Waals surface area contributed by atoms with Crippen LogP contribution in [0.4, 0.5) is 0 Å². The van der Waals surface area contributed by atoms with Gasteiger partial charge in [-0.15, -0.1) is 0 Å². The van der Waals surface area contributed by atoms with E-state index >= 15 is 0 Å². The second-order valence-electron chi connectivity index (χ2n) is 4.61. The van der Waals surface area contributed by atoms with Crippen LogP contribution in [0.15, 0.2) is 0 Å². The summed E-state index contributed by atoms with van der Waals surface area (Å²) in [6.07, 6.45) is 4.53. The molecular formula is C9H16N2. The summed E-state index contributed by atoms with van der Waals surface area (Å²) in [5, 5.41) is 2.04. The maximum Gasteiger partial charge on any atom is 0.0162 e. The zero-order valence-corrected chi connectivity index (χ0v) is 6.87. The zero-order chi connectivity index (χ0) is 7.42. The van der Waals surface area contributed by atoms with Crippen molar-refractivity contribution in [2.45, 2.75) is 19.3 Å². The number of hydrogen-bond donors (Lipinski definition) is 1. The lowest BCUT2D eigenvalue weighted by molar-refractivity contribution is 0.281. The number of nitrogens with zero attached hydrogens (tertiary/aromatic N) is 1. The number of nitrogens with two attached hydrogens (primary N) is 1. The fraction of sp³-hybridized carbons (Fsp3) is 1.00. The molecule has 0 amide bonds. The zero-order valence-electron chi connectivity index (χ0n) is 6.87. The molecule has 0 radical (unpaired) electrons. The minimum atomic E-state index is 0.985. The molecule has 1 heterocycles. The molecule has 0 aromatic heterocycles. The molecule has 11 heavy (non-hydrogen) atoms. The molecule has 2 unspecified atom stereocenters. The highest BCUT2D eigenvalue weighted by atomic mass is 15.4. The maximum absolute atomic E-state index is 5.81. The van der Waals surface area contributed by atoms with E-state index in [1.54, 1.807) is 0 Å². The second-order valence-corrected chi connectivity index (χ2v) is 4.61. The molecule has 62 valence electrons. The predicted octanol–water partition coefficient (Wildman–Crippen LogP) is 0.838. The summed E-state index contributed by atoms with van der Waals surface area (Å²) in [7, 11) is 0. The summed E-state index contributed by atoms with van der Waals surface area (Å²) in [6.45, 7) is 2.37. The van der Waals surface area contributed by atoms with E-state index in [2.05, 4.69) is 0 Å². The molecule has 1 saturated heterocycles. The summed E-state index contributed by atoms with van der Waals surface area (Å²) in [4.78, 5) is 0. The van der Waals surface area contributed by atoms with Crippen molar-refractivity contribution in [3.8, 4) is 0 Å². The molecule has 3 rings (SSSR count). The monoisotopic (exact) mass is 152 g/mol. The van der Waals surface area contributed by atoms with Crippen LogP contribution in [0.2, 0.25) is 0 Å². The van der Waals surface area contributed by atoms with Crippen molar-refractivity contribution in [2.24, 2.45) is 29.5 Å². The van der Waals surface area contributed by atoms with Crippen LogP contribution in [-0.2, 0) is 0 Å². The van der Waals surface area contributed by atoms with Gasteiger partial charge in [0.05, 0.1) is 0 Å². The van der Waals surface area contributed by atoms with E-state index in [4.69, 9.17) is 5.84 Å². The van der Waals surface area contributed by atoms with Crippen LogP contribution in [0.1, 0.15) is 19.3 Å². The van der Waals surface area contributed by atoms with Crippen molar-refractivity contribution >= 4 is 0 Å². The predicted molar refractivity (Wildman–Crippen MR) is 43.6 cm³/mol. The van der Waals surface area contributed by atoms with Crippen LogP contribution < -0.4 is 5.84 Å². The van der Waals surface area contributed by atoms with E-state index in [0.29, 0.717) is 0 Å². The summed E-state index contributed by atoms with van der Waals surface area (Å²) in [5.41, 5.74) is 0. The SMILES string of the molecule is NN1C[C@@H]2C3CCC(C3)[C@@H]2C1. The standard InChI is InChI=1S/C9H16N2/c10-11-4-8-6-1-2-7(3-6)9(8)5-11/h6-9H,1-5,10H2/t6?,7?,8-,9+. The molecular weight excluding hydrogens is 136 g/mol. The summed E-state index contributed by atoms with van der Waals surface area (Å²) in [6, 6.07) is 0. The van der Waals surface area contributed by atoms with Crippen LogP contribution >= 0.6 is 0 Å². The molecule has 2 saturated carbocycles. The highest BCUT2D eigenvalue weighted by Gasteiger charge is 2.50.